The standard InChI is InChI=1S/C22H21NO2S/c1-22(2)18-8-4-6-10-20(18)23(21-11-7-5-9-19(21)22)16-12-14-17(15-13-16)26(3,24)25/h4-15H,1-3H3. The van der Waals surface area contributed by atoms with Crippen molar-refractivity contribution < 1.29 is 8.42 Å². The number of benzene rings is 3. The van der Waals surface area contributed by atoms with E-state index < -0.39 is 9.84 Å². The van der Waals surface area contributed by atoms with Crippen molar-refractivity contribution in [2.75, 3.05) is 11.2 Å². The summed E-state index contributed by atoms with van der Waals surface area (Å²) in [6, 6.07) is 23.9. The number of nitrogens with zero attached hydrogens (tertiary/aromatic N) is 1. The molecule has 1 aliphatic heterocycles. The number of anilines is 3. The highest BCUT2D eigenvalue weighted by molar-refractivity contribution is 7.90. The maximum atomic E-state index is 11.8. The molecule has 4 rings (SSSR count). The first-order valence-electron chi connectivity index (χ1n) is 8.59. The molecule has 0 spiro atoms. The van der Waals surface area contributed by atoms with Crippen molar-refractivity contribution >= 4 is 26.9 Å². The summed E-state index contributed by atoms with van der Waals surface area (Å²) in [5.74, 6) is 0. The van der Waals surface area contributed by atoms with Gasteiger partial charge in [-0.1, -0.05) is 50.2 Å². The van der Waals surface area contributed by atoms with Gasteiger partial charge < -0.3 is 4.90 Å². The molecule has 3 nitrogen and oxygen atoms in total. The third-order valence-corrected chi connectivity index (χ3v) is 6.29. The summed E-state index contributed by atoms with van der Waals surface area (Å²) in [5.41, 5.74) is 5.62. The number of rotatable bonds is 2. The fourth-order valence-corrected chi connectivity index (χ4v) is 4.42. The van der Waals surface area contributed by atoms with E-state index in [2.05, 4.69) is 55.1 Å². The summed E-state index contributed by atoms with van der Waals surface area (Å²) in [6.45, 7) is 4.49. The zero-order valence-electron chi connectivity index (χ0n) is 15.1. The van der Waals surface area contributed by atoms with Gasteiger partial charge in [0.1, 0.15) is 0 Å². The van der Waals surface area contributed by atoms with Gasteiger partial charge in [-0.15, -0.1) is 0 Å². The summed E-state index contributed by atoms with van der Waals surface area (Å²) < 4.78 is 23.6. The van der Waals surface area contributed by atoms with Gasteiger partial charge in [0.05, 0.1) is 16.3 Å². The molecule has 0 bridgehead atoms. The zero-order valence-corrected chi connectivity index (χ0v) is 15.9. The van der Waals surface area contributed by atoms with Gasteiger partial charge in [-0.2, -0.15) is 0 Å². The van der Waals surface area contributed by atoms with Gasteiger partial charge in [0.15, 0.2) is 9.84 Å². The second-order valence-corrected chi connectivity index (χ2v) is 9.28. The number of hydrogen-bond acceptors (Lipinski definition) is 3. The molecule has 0 aliphatic carbocycles. The average molecular weight is 363 g/mol. The number of fused-ring (bicyclic) bond motifs is 2. The van der Waals surface area contributed by atoms with E-state index in [4.69, 9.17) is 0 Å². The van der Waals surface area contributed by atoms with Crippen LogP contribution < -0.4 is 4.90 Å². The second kappa shape index (κ2) is 5.71. The molecule has 0 unspecified atom stereocenters. The second-order valence-electron chi connectivity index (χ2n) is 7.26. The largest absolute Gasteiger partial charge is 0.310 e. The molecule has 0 radical (unpaired) electrons. The lowest BCUT2D eigenvalue weighted by molar-refractivity contribution is 0.602. The maximum Gasteiger partial charge on any atom is 0.175 e. The molecule has 0 N–H and O–H groups in total. The lowest BCUT2D eigenvalue weighted by Crippen LogP contribution is -2.30. The molecular weight excluding hydrogens is 342 g/mol. The molecule has 3 aromatic carbocycles. The van der Waals surface area contributed by atoms with Crippen LogP contribution in [0.5, 0.6) is 0 Å². The smallest absolute Gasteiger partial charge is 0.175 e. The van der Waals surface area contributed by atoms with Crippen LogP contribution in [0.3, 0.4) is 0 Å². The topological polar surface area (TPSA) is 37.4 Å². The summed E-state index contributed by atoms with van der Waals surface area (Å²) in [7, 11) is -3.21. The van der Waals surface area contributed by atoms with Gasteiger partial charge in [-0.05, 0) is 47.5 Å². The van der Waals surface area contributed by atoms with E-state index in [0.29, 0.717) is 4.90 Å². The van der Waals surface area contributed by atoms with E-state index in [1.807, 2.05) is 24.3 Å². The summed E-state index contributed by atoms with van der Waals surface area (Å²) in [5, 5.41) is 0. The minimum absolute atomic E-state index is 0.101. The third-order valence-electron chi connectivity index (χ3n) is 5.16. The van der Waals surface area contributed by atoms with Crippen molar-refractivity contribution in [1.82, 2.24) is 0 Å². The Balaban J connectivity index is 1.95. The fourth-order valence-electron chi connectivity index (χ4n) is 3.79. The average Bonchev–Trinajstić information content (AvgIpc) is 2.62. The molecule has 0 saturated carbocycles. The molecule has 4 heteroatoms. The van der Waals surface area contributed by atoms with Gasteiger partial charge >= 0.3 is 0 Å². The van der Waals surface area contributed by atoms with Crippen molar-refractivity contribution in [3.8, 4) is 0 Å². The minimum Gasteiger partial charge on any atom is -0.310 e. The monoisotopic (exact) mass is 363 g/mol. The Labute approximate surface area is 154 Å². The Morgan fingerprint density at radius 1 is 0.731 bits per heavy atom. The van der Waals surface area contributed by atoms with Crippen LogP contribution in [-0.4, -0.2) is 14.7 Å². The van der Waals surface area contributed by atoms with Crippen LogP contribution in [0.4, 0.5) is 17.1 Å². The Kier molecular flexibility index (Phi) is 3.70. The first-order valence-corrected chi connectivity index (χ1v) is 10.5. The van der Waals surface area contributed by atoms with Crippen LogP contribution in [0, 0.1) is 0 Å². The molecule has 0 fully saturated rings. The van der Waals surface area contributed by atoms with E-state index in [1.165, 1.54) is 17.4 Å². The third kappa shape index (κ3) is 2.53. The molecule has 0 saturated heterocycles. The fraction of sp³-hybridized carbons (Fsp3) is 0.182. The number of sulfone groups is 1. The van der Waals surface area contributed by atoms with Crippen LogP contribution in [0.25, 0.3) is 0 Å². The molecule has 0 aromatic heterocycles. The van der Waals surface area contributed by atoms with Crippen LogP contribution >= 0.6 is 0 Å². The summed E-state index contributed by atoms with van der Waals surface area (Å²) in [4.78, 5) is 2.54. The van der Waals surface area contributed by atoms with Crippen molar-refractivity contribution in [3.05, 3.63) is 83.9 Å². The van der Waals surface area contributed by atoms with E-state index >= 15 is 0 Å². The zero-order chi connectivity index (χ0) is 18.5. The van der Waals surface area contributed by atoms with Gasteiger partial charge in [-0.25, -0.2) is 8.42 Å². The van der Waals surface area contributed by atoms with Crippen molar-refractivity contribution in [3.63, 3.8) is 0 Å². The van der Waals surface area contributed by atoms with Gasteiger partial charge in [0.25, 0.3) is 0 Å². The molecule has 0 atom stereocenters. The summed E-state index contributed by atoms with van der Waals surface area (Å²) >= 11 is 0. The lowest BCUT2D eigenvalue weighted by Gasteiger charge is -2.42. The molecule has 1 aliphatic rings. The van der Waals surface area contributed by atoms with Gasteiger partial charge in [0.2, 0.25) is 0 Å². The Bertz CT molecular complexity index is 1030. The van der Waals surface area contributed by atoms with Crippen molar-refractivity contribution in [2.24, 2.45) is 0 Å². The lowest BCUT2D eigenvalue weighted by atomic mass is 9.73. The Morgan fingerprint density at radius 3 is 1.65 bits per heavy atom. The maximum absolute atomic E-state index is 11.8. The van der Waals surface area contributed by atoms with Crippen LogP contribution in [-0.2, 0) is 15.3 Å². The molecular formula is C22H21NO2S. The summed E-state index contributed by atoms with van der Waals surface area (Å²) in [6.07, 6.45) is 1.23. The first kappa shape index (κ1) is 16.9. The van der Waals surface area contributed by atoms with Crippen LogP contribution in [0.15, 0.2) is 77.7 Å². The van der Waals surface area contributed by atoms with E-state index in [9.17, 15) is 8.42 Å². The van der Waals surface area contributed by atoms with Crippen molar-refractivity contribution in [2.45, 2.75) is 24.2 Å². The predicted octanol–water partition coefficient (Wildman–Crippen LogP) is 5.20. The van der Waals surface area contributed by atoms with Gasteiger partial charge in [-0.3, -0.25) is 0 Å². The van der Waals surface area contributed by atoms with E-state index in [1.54, 1.807) is 12.1 Å². The SMILES string of the molecule is CC1(C)c2ccccc2N(c2ccc(S(C)(=O)=O)cc2)c2ccccc21. The minimum atomic E-state index is -3.21. The van der Waals surface area contributed by atoms with Crippen molar-refractivity contribution in [1.29, 1.82) is 0 Å². The Hall–Kier alpha value is -2.59. The normalized spacial score (nSPS) is 15.3. The molecule has 0 amide bonds. The predicted molar refractivity (Wildman–Crippen MR) is 106 cm³/mol. The highest BCUT2D eigenvalue weighted by atomic mass is 32.2. The number of para-hydroxylation sites is 2. The highest BCUT2D eigenvalue weighted by Gasteiger charge is 2.36. The molecule has 1 heterocycles. The van der Waals surface area contributed by atoms with Crippen LogP contribution in [0.2, 0.25) is 0 Å². The molecule has 26 heavy (non-hydrogen) atoms. The van der Waals surface area contributed by atoms with Gasteiger partial charge in [0, 0.05) is 17.4 Å². The molecule has 132 valence electrons. The number of hydrogen-bond donors (Lipinski definition) is 0. The van der Waals surface area contributed by atoms with E-state index in [-0.39, 0.29) is 5.41 Å². The van der Waals surface area contributed by atoms with Crippen LogP contribution in [0.1, 0.15) is 25.0 Å². The molecule has 3 aromatic rings. The quantitative estimate of drug-likeness (QED) is 0.628. The van der Waals surface area contributed by atoms with E-state index in [0.717, 1.165) is 17.1 Å². The highest BCUT2D eigenvalue weighted by Crippen LogP contribution is 2.51. The Morgan fingerprint density at radius 2 is 1.19 bits per heavy atom. The first-order chi connectivity index (χ1) is 12.3.